The first kappa shape index (κ1) is 15.0. The molecule has 0 amide bonds. The second-order valence-electron chi connectivity index (χ2n) is 5.62. The Balaban J connectivity index is 1.93. The first-order chi connectivity index (χ1) is 9.60. The molecular weight excluding hydrogens is 254 g/mol. The topological polar surface area (TPSA) is 49.8 Å². The molecule has 1 aliphatic rings. The molecule has 0 spiro atoms. The van der Waals surface area contributed by atoms with Crippen molar-refractivity contribution in [2.45, 2.75) is 26.3 Å². The van der Waals surface area contributed by atoms with Crippen LogP contribution in [0.4, 0.5) is 0 Å². The Labute approximate surface area is 120 Å². The average molecular weight is 277 g/mol. The van der Waals surface area contributed by atoms with Gasteiger partial charge in [0.25, 0.3) is 0 Å². The number of likely N-dealkylation sites (tertiary alicyclic amines) is 1. The minimum Gasteiger partial charge on any atom is -0.478 e. The molecule has 1 aromatic rings. The number of benzene rings is 1. The van der Waals surface area contributed by atoms with Gasteiger partial charge in [-0.1, -0.05) is 6.07 Å². The molecule has 1 heterocycles. The van der Waals surface area contributed by atoms with Crippen LogP contribution in [0.25, 0.3) is 0 Å². The van der Waals surface area contributed by atoms with Gasteiger partial charge in [-0.25, -0.2) is 4.79 Å². The Morgan fingerprint density at radius 1 is 1.40 bits per heavy atom. The molecule has 110 valence electrons. The smallest absolute Gasteiger partial charge is 0.335 e. The second kappa shape index (κ2) is 6.86. The fourth-order valence-corrected chi connectivity index (χ4v) is 2.79. The Hall–Kier alpha value is -1.39. The van der Waals surface area contributed by atoms with E-state index in [0.717, 1.165) is 31.8 Å². The van der Waals surface area contributed by atoms with E-state index in [1.807, 2.05) is 13.0 Å². The van der Waals surface area contributed by atoms with Gasteiger partial charge in [-0.3, -0.25) is 4.90 Å². The van der Waals surface area contributed by atoms with E-state index in [9.17, 15) is 4.79 Å². The predicted octanol–water partition coefficient (Wildman–Crippen LogP) is 2.55. The molecule has 0 saturated carbocycles. The summed E-state index contributed by atoms with van der Waals surface area (Å²) in [6.07, 6.45) is 2.36. The molecule has 1 aliphatic heterocycles. The number of piperidine rings is 1. The summed E-state index contributed by atoms with van der Waals surface area (Å²) in [5.41, 5.74) is 2.65. The van der Waals surface area contributed by atoms with Crippen LogP contribution in [0, 0.1) is 12.8 Å². The van der Waals surface area contributed by atoms with Crippen molar-refractivity contribution in [3.63, 3.8) is 0 Å². The average Bonchev–Trinajstić information content (AvgIpc) is 2.43. The summed E-state index contributed by atoms with van der Waals surface area (Å²) in [5.74, 6) is -0.174. The van der Waals surface area contributed by atoms with Crippen LogP contribution in [0.5, 0.6) is 0 Å². The number of hydrogen-bond acceptors (Lipinski definition) is 3. The van der Waals surface area contributed by atoms with Crippen LogP contribution in [-0.2, 0) is 11.3 Å². The van der Waals surface area contributed by atoms with Gasteiger partial charge >= 0.3 is 5.97 Å². The van der Waals surface area contributed by atoms with Crippen LogP contribution in [0.1, 0.15) is 34.3 Å². The van der Waals surface area contributed by atoms with Gasteiger partial charge in [0.2, 0.25) is 0 Å². The first-order valence-corrected chi connectivity index (χ1v) is 7.14. The monoisotopic (exact) mass is 277 g/mol. The Kier molecular flexibility index (Phi) is 5.15. The molecule has 0 aromatic heterocycles. The Morgan fingerprint density at radius 3 is 2.65 bits per heavy atom. The number of carbonyl (C=O) groups is 1. The van der Waals surface area contributed by atoms with Crippen molar-refractivity contribution < 1.29 is 14.6 Å². The van der Waals surface area contributed by atoms with Crippen molar-refractivity contribution in [1.82, 2.24) is 4.90 Å². The molecule has 0 unspecified atom stereocenters. The van der Waals surface area contributed by atoms with Gasteiger partial charge < -0.3 is 9.84 Å². The number of aryl methyl sites for hydroxylation is 1. The molecule has 1 aromatic carbocycles. The van der Waals surface area contributed by atoms with Crippen LogP contribution in [0.2, 0.25) is 0 Å². The van der Waals surface area contributed by atoms with Crippen molar-refractivity contribution in [3.8, 4) is 0 Å². The Bertz CT molecular complexity index is 465. The Morgan fingerprint density at radius 2 is 2.10 bits per heavy atom. The summed E-state index contributed by atoms with van der Waals surface area (Å²) in [5, 5.41) is 8.98. The maximum absolute atomic E-state index is 10.9. The first-order valence-electron chi connectivity index (χ1n) is 7.14. The van der Waals surface area contributed by atoms with Crippen LogP contribution in [-0.4, -0.2) is 42.8 Å². The molecule has 4 heteroatoms. The SMILES string of the molecule is COCC1CCN(Cc2ccc(C(=O)O)cc2C)CC1. The fraction of sp³-hybridized carbons (Fsp3) is 0.562. The zero-order chi connectivity index (χ0) is 14.5. The highest BCUT2D eigenvalue weighted by Crippen LogP contribution is 2.20. The van der Waals surface area contributed by atoms with E-state index in [1.54, 1.807) is 19.2 Å². The number of aromatic carboxylic acids is 1. The van der Waals surface area contributed by atoms with Crippen molar-refractivity contribution in [2.24, 2.45) is 5.92 Å². The van der Waals surface area contributed by atoms with E-state index >= 15 is 0 Å². The van der Waals surface area contributed by atoms with Crippen LogP contribution in [0.15, 0.2) is 18.2 Å². The summed E-state index contributed by atoms with van der Waals surface area (Å²) in [6, 6.07) is 5.40. The van der Waals surface area contributed by atoms with Crippen molar-refractivity contribution in [1.29, 1.82) is 0 Å². The van der Waals surface area contributed by atoms with E-state index in [-0.39, 0.29) is 0 Å². The summed E-state index contributed by atoms with van der Waals surface area (Å²) in [7, 11) is 1.76. The quantitative estimate of drug-likeness (QED) is 0.898. The van der Waals surface area contributed by atoms with Gasteiger partial charge in [-0.2, -0.15) is 0 Å². The van der Waals surface area contributed by atoms with Crippen molar-refractivity contribution in [2.75, 3.05) is 26.8 Å². The lowest BCUT2D eigenvalue weighted by atomic mass is 9.97. The van der Waals surface area contributed by atoms with Crippen molar-refractivity contribution in [3.05, 3.63) is 34.9 Å². The highest BCUT2D eigenvalue weighted by Gasteiger charge is 2.19. The minimum absolute atomic E-state index is 0.366. The molecular formula is C16H23NO3. The molecule has 0 bridgehead atoms. The summed E-state index contributed by atoms with van der Waals surface area (Å²) >= 11 is 0. The summed E-state index contributed by atoms with van der Waals surface area (Å²) in [4.78, 5) is 13.4. The molecule has 0 radical (unpaired) electrons. The molecule has 2 rings (SSSR count). The maximum atomic E-state index is 10.9. The third kappa shape index (κ3) is 3.81. The molecule has 1 saturated heterocycles. The van der Waals surface area contributed by atoms with E-state index < -0.39 is 5.97 Å². The van der Waals surface area contributed by atoms with E-state index in [4.69, 9.17) is 9.84 Å². The highest BCUT2D eigenvalue weighted by molar-refractivity contribution is 5.87. The van der Waals surface area contributed by atoms with Crippen molar-refractivity contribution >= 4 is 5.97 Å². The second-order valence-corrected chi connectivity index (χ2v) is 5.62. The third-order valence-electron chi connectivity index (χ3n) is 4.09. The summed E-state index contributed by atoms with van der Waals surface area (Å²) < 4.78 is 5.22. The number of carboxylic acids is 1. The van der Waals surface area contributed by atoms with Gasteiger partial charge in [0.05, 0.1) is 5.56 Å². The number of carboxylic acid groups (broad SMARTS) is 1. The number of nitrogens with zero attached hydrogens (tertiary/aromatic N) is 1. The molecule has 4 nitrogen and oxygen atoms in total. The number of rotatable bonds is 5. The lowest BCUT2D eigenvalue weighted by Crippen LogP contribution is -2.34. The number of hydrogen-bond donors (Lipinski definition) is 1. The standard InChI is InChI=1S/C16H23NO3/c1-12-9-14(16(18)19)3-4-15(12)10-17-7-5-13(6-8-17)11-20-2/h3-4,9,13H,5-8,10-11H2,1-2H3,(H,18,19). The zero-order valence-corrected chi connectivity index (χ0v) is 12.3. The zero-order valence-electron chi connectivity index (χ0n) is 12.3. The number of methoxy groups -OCH3 is 1. The van der Waals surface area contributed by atoms with Crippen LogP contribution in [0.3, 0.4) is 0 Å². The largest absolute Gasteiger partial charge is 0.478 e. The predicted molar refractivity (Wildman–Crippen MR) is 78.0 cm³/mol. The molecule has 1 fully saturated rings. The van der Waals surface area contributed by atoms with Crippen LogP contribution >= 0.6 is 0 Å². The van der Waals surface area contributed by atoms with E-state index in [0.29, 0.717) is 11.5 Å². The highest BCUT2D eigenvalue weighted by atomic mass is 16.5. The van der Waals surface area contributed by atoms with Crippen LogP contribution < -0.4 is 0 Å². The molecule has 0 atom stereocenters. The molecule has 20 heavy (non-hydrogen) atoms. The van der Waals surface area contributed by atoms with Gasteiger partial charge in [0, 0.05) is 20.3 Å². The van der Waals surface area contributed by atoms with Gasteiger partial charge in [-0.15, -0.1) is 0 Å². The van der Waals surface area contributed by atoms with Gasteiger partial charge in [0.1, 0.15) is 0 Å². The third-order valence-corrected chi connectivity index (χ3v) is 4.09. The molecule has 1 N–H and O–H groups in total. The lowest BCUT2D eigenvalue weighted by molar-refractivity contribution is 0.0696. The van der Waals surface area contributed by atoms with Gasteiger partial charge in [-0.05, 0) is 62.0 Å². The number of ether oxygens (including phenoxy) is 1. The fourth-order valence-electron chi connectivity index (χ4n) is 2.79. The van der Waals surface area contributed by atoms with E-state index in [1.165, 1.54) is 18.4 Å². The normalized spacial score (nSPS) is 17.3. The van der Waals surface area contributed by atoms with E-state index in [2.05, 4.69) is 4.90 Å². The minimum atomic E-state index is -0.861. The maximum Gasteiger partial charge on any atom is 0.335 e. The summed E-state index contributed by atoms with van der Waals surface area (Å²) in [6.45, 7) is 5.94. The van der Waals surface area contributed by atoms with Gasteiger partial charge in [0.15, 0.2) is 0 Å². The lowest BCUT2D eigenvalue weighted by Gasteiger charge is -2.32. The molecule has 0 aliphatic carbocycles.